The molecule has 6 nitrogen and oxygen atoms in total. The lowest BCUT2D eigenvalue weighted by Gasteiger charge is -2.13. The van der Waals surface area contributed by atoms with Gasteiger partial charge in [-0.3, -0.25) is 4.79 Å². The molecular formula is C15H12F3N5O. The summed E-state index contributed by atoms with van der Waals surface area (Å²) < 4.78 is 40.4. The van der Waals surface area contributed by atoms with Crippen molar-refractivity contribution in [2.75, 3.05) is 17.7 Å². The Hall–Kier alpha value is -3.10. The highest BCUT2D eigenvalue weighted by atomic mass is 19.4. The number of benzene rings is 1. The van der Waals surface area contributed by atoms with Crippen molar-refractivity contribution in [1.82, 2.24) is 14.6 Å². The predicted octanol–water partition coefficient (Wildman–Crippen LogP) is 3.04. The van der Waals surface area contributed by atoms with Gasteiger partial charge in [0.1, 0.15) is 11.4 Å². The number of carbonyl (C=O) groups excluding carboxylic acids is 1. The Morgan fingerprint density at radius 2 is 1.96 bits per heavy atom. The Kier molecular flexibility index (Phi) is 3.84. The molecule has 0 aliphatic heterocycles. The maximum absolute atomic E-state index is 13.0. The lowest BCUT2D eigenvalue weighted by Crippen LogP contribution is -2.16. The van der Waals surface area contributed by atoms with Crippen molar-refractivity contribution in [3.05, 3.63) is 53.9 Å². The average molecular weight is 335 g/mol. The molecule has 1 amide bonds. The Morgan fingerprint density at radius 3 is 2.67 bits per heavy atom. The van der Waals surface area contributed by atoms with Crippen LogP contribution in [0.1, 0.15) is 15.9 Å². The third kappa shape index (κ3) is 2.87. The summed E-state index contributed by atoms with van der Waals surface area (Å²) in [6.07, 6.45) is -1.72. The molecule has 24 heavy (non-hydrogen) atoms. The van der Waals surface area contributed by atoms with E-state index in [4.69, 9.17) is 0 Å². The SMILES string of the molecule is CNc1ccn2ncc(C(=O)Nc3ccccc3C(F)(F)F)c2n1. The molecule has 124 valence electrons. The minimum atomic E-state index is -4.57. The van der Waals surface area contributed by atoms with Gasteiger partial charge in [0.05, 0.1) is 17.4 Å². The Balaban J connectivity index is 1.97. The van der Waals surface area contributed by atoms with Gasteiger partial charge in [-0.1, -0.05) is 12.1 Å². The number of carbonyl (C=O) groups is 1. The highest BCUT2D eigenvalue weighted by molar-refractivity contribution is 6.08. The van der Waals surface area contributed by atoms with Gasteiger partial charge < -0.3 is 10.6 Å². The summed E-state index contributed by atoms with van der Waals surface area (Å²) in [5, 5.41) is 9.07. The number of amides is 1. The fourth-order valence-electron chi connectivity index (χ4n) is 2.20. The number of nitrogens with one attached hydrogen (secondary N) is 2. The molecule has 0 spiro atoms. The van der Waals surface area contributed by atoms with Gasteiger partial charge in [-0.25, -0.2) is 9.50 Å². The summed E-state index contributed by atoms with van der Waals surface area (Å²) in [6, 6.07) is 6.43. The van der Waals surface area contributed by atoms with Crippen LogP contribution in [-0.4, -0.2) is 27.6 Å². The molecule has 0 unspecified atom stereocenters. The van der Waals surface area contributed by atoms with Crippen molar-refractivity contribution in [2.45, 2.75) is 6.18 Å². The fourth-order valence-corrected chi connectivity index (χ4v) is 2.20. The number of anilines is 2. The zero-order chi connectivity index (χ0) is 17.3. The summed E-state index contributed by atoms with van der Waals surface area (Å²) in [7, 11) is 1.66. The van der Waals surface area contributed by atoms with Gasteiger partial charge in [0.25, 0.3) is 5.91 Å². The highest BCUT2D eigenvalue weighted by Crippen LogP contribution is 2.34. The van der Waals surface area contributed by atoms with Crippen molar-refractivity contribution >= 4 is 23.1 Å². The number of nitrogens with zero attached hydrogens (tertiary/aromatic N) is 3. The molecule has 3 rings (SSSR count). The van der Waals surface area contributed by atoms with Gasteiger partial charge >= 0.3 is 6.18 Å². The molecular weight excluding hydrogens is 323 g/mol. The second kappa shape index (κ2) is 5.84. The van der Waals surface area contributed by atoms with Crippen molar-refractivity contribution in [3.63, 3.8) is 0 Å². The van der Waals surface area contributed by atoms with Gasteiger partial charge in [0, 0.05) is 13.2 Å². The molecule has 0 bridgehead atoms. The minimum absolute atomic E-state index is 0.0732. The molecule has 0 fully saturated rings. The molecule has 2 aromatic heterocycles. The van der Waals surface area contributed by atoms with Gasteiger partial charge in [0.15, 0.2) is 5.65 Å². The van der Waals surface area contributed by atoms with Gasteiger partial charge in [0.2, 0.25) is 0 Å². The molecule has 2 N–H and O–H groups in total. The van der Waals surface area contributed by atoms with Gasteiger partial charge in [-0.2, -0.15) is 18.3 Å². The molecule has 0 saturated heterocycles. The van der Waals surface area contributed by atoms with E-state index in [9.17, 15) is 18.0 Å². The normalized spacial score (nSPS) is 11.5. The third-order valence-corrected chi connectivity index (χ3v) is 3.35. The van der Waals surface area contributed by atoms with Crippen LogP contribution in [0.3, 0.4) is 0 Å². The van der Waals surface area contributed by atoms with Crippen LogP contribution in [0.5, 0.6) is 0 Å². The van der Waals surface area contributed by atoms with Crippen LogP contribution in [0.15, 0.2) is 42.7 Å². The zero-order valence-corrected chi connectivity index (χ0v) is 12.4. The molecule has 3 aromatic rings. The molecule has 0 aliphatic rings. The van der Waals surface area contributed by atoms with E-state index >= 15 is 0 Å². The van der Waals surface area contributed by atoms with E-state index in [2.05, 4.69) is 20.7 Å². The van der Waals surface area contributed by atoms with Crippen molar-refractivity contribution < 1.29 is 18.0 Å². The van der Waals surface area contributed by atoms with Crippen LogP contribution in [-0.2, 0) is 6.18 Å². The summed E-state index contributed by atoms with van der Waals surface area (Å²) >= 11 is 0. The minimum Gasteiger partial charge on any atom is -0.373 e. The van der Waals surface area contributed by atoms with Gasteiger partial charge in [-0.05, 0) is 18.2 Å². The fraction of sp³-hybridized carbons (Fsp3) is 0.133. The zero-order valence-electron chi connectivity index (χ0n) is 12.4. The van der Waals surface area contributed by atoms with Crippen molar-refractivity contribution in [3.8, 4) is 0 Å². The molecule has 1 aromatic carbocycles. The predicted molar refractivity (Wildman–Crippen MR) is 81.9 cm³/mol. The molecule has 0 saturated carbocycles. The second-order valence-electron chi connectivity index (χ2n) is 4.89. The smallest absolute Gasteiger partial charge is 0.373 e. The summed E-state index contributed by atoms with van der Waals surface area (Å²) in [5.74, 6) is -0.213. The average Bonchev–Trinajstić information content (AvgIpc) is 2.97. The monoisotopic (exact) mass is 335 g/mol. The van der Waals surface area contributed by atoms with Gasteiger partial charge in [-0.15, -0.1) is 0 Å². The van der Waals surface area contributed by atoms with Crippen LogP contribution in [0.4, 0.5) is 24.7 Å². The van der Waals surface area contributed by atoms with Crippen LogP contribution >= 0.6 is 0 Å². The Bertz CT molecular complexity index is 904. The first-order valence-corrected chi connectivity index (χ1v) is 6.90. The van der Waals surface area contributed by atoms with Crippen LogP contribution in [0.2, 0.25) is 0 Å². The number of hydrogen-bond donors (Lipinski definition) is 2. The molecule has 0 radical (unpaired) electrons. The Morgan fingerprint density at radius 1 is 1.21 bits per heavy atom. The topological polar surface area (TPSA) is 71.3 Å². The summed E-state index contributed by atoms with van der Waals surface area (Å²) in [6.45, 7) is 0. The largest absolute Gasteiger partial charge is 0.418 e. The summed E-state index contributed by atoms with van der Waals surface area (Å²) in [4.78, 5) is 16.6. The quantitative estimate of drug-likeness (QED) is 0.772. The van der Waals surface area contributed by atoms with E-state index in [0.717, 1.165) is 6.07 Å². The highest BCUT2D eigenvalue weighted by Gasteiger charge is 2.33. The van der Waals surface area contributed by atoms with E-state index in [0.29, 0.717) is 5.82 Å². The molecule has 9 heteroatoms. The number of alkyl halides is 3. The first kappa shape index (κ1) is 15.8. The lowest BCUT2D eigenvalue weighted by atomic mass is 10.1. The number of para-hydroxylation sites is 1. The van der Waals surface area contributed by atoms with E-state index in [-0.39, 0.29) is 16.9 Å². The van der Waals surface area contributed by atoms with E-state index in [1.165, 1.54) is 28.9 Å². The number of fused-ring (bicyclic) bond motifs is 1. The number of rotatable bonds is 3. The second-order valence-corrected chi connectivity index (χ2v) is 4.89. The molecule has 0 aliphatic carbocycles. The molecule has 2 heterocycles. The maximum Gasteiger partial charge on any atom is 0.418 e. The molecule has 0 atom stereocenters. The first-order valence-electron chi connectivity index (χ1n) is 6.90. The van der Waals surface area contributed by atoms with E-state index < -0.39 is 17.6 Å². The first-order chi connectivity index (χ1) is 11.4. The van der Waals surface area contributed by atoms with Crippen molar-refractivity contribution in [1.29, 1.82) is 0 Å². The third-order valence-electron chi connectivity index (χ3n) is 3.35. The van der Waals surface area contributed by atoms with Crippen LogP contribution < -0.4 is 10.6 Å². The number of halogens is 3. The van der Waals surface area contributed by atoms with Crippen LogP contribution in [0, 0.1) is 0 Å². The lowest BCUT2D eigenvalue weighted by molar-refractivity contribution is -0.136. The maximum atomic E-state index is 13.0. The number of hydrogen-bond acceptors (Lipinski definition) is 4. The standard InChI is InChI=1S/C15H12F3N5O/c1-19-12-6-7-23-13(22-12)9(8-20-23)14(24)21-11-5-3-2-4-10(11)15(16,17)18/h2-8H,1H3,(H,19,22)(H,21,24). The Labute approximate surface area is 134 Å². The van der Waals surface area contributed by atoms with Crippen molar-refractivity contribution in [2.24, 2.45) is 0 Å². The van der Waals surface area contributed by atoms with E-state index in [1.54, 1.807) is 19.3 Å². The van der Waals surface area contributed by atoms with E-state index in [1.807, 2.05) is 0 Å². The van der Waals surface area contributed by atoms with Crippen LogP contribution in [0.25, 0.3) is 5.65 Å². The number of aromatic nitrogens is 3. The summed E-state index contributed by atoms with van der Waals surface area (Å²) in [5.41, 5.74) is -0.925.